The van der Waals surface area contributed by atoms with Crippen molar-refractivity contribution in [2.75, 3.05) is 0 Å². The van der Waals surface area contributed by atoms with Gasteiger partial charge in [-0.3, -0.25) is 0 Å². The zero-order valence-electron chi connectivity index (χ0n) is 19.1. The third-order valence-corrected chi connectivity index (χ3v) is 6.19. The lowest BCUT2D eigenvalue weighted by molar-refractivity contribution is -0.211. The third kappa shape index (κ3) is 4.49. The molecule has 0 amide bonds. The Morgan fingerprint density at radius 1 is 0.562 bits per heavy atom. The van der Waals surface area contributed by atoms with Gasteiger partial charge in [-0.2, -0.15) is 0 Å². The zero-order chi connectivity index (χ0) is 22.3. The lowest BCUT2D eigenvalue weighted by atomic mass is 9.84. The van der Waals surface area contributed by atoms with E-state index in [-0.39, 0.29) is 36.6 Å². The molecule has 2 aliphatic heterocycles. The van der Waals surface area contributed by atoms with Crippen LogP contribution in [0.1, 0.15) is 38.8 Å². The minimum Gasteiger partial charge on any atom is -0.368 e. The molecule has 3 aliphatic rings. The molecule has 6 heteroatoms. The lowest BCUT2D eigenvalue weighted by Crippen LogP contribution is -2.63. The van der Waals surface area contributed by atoms with Gasteiger partial charge in [-0.05, 0) is 38.8 Å². The van der Waals surface area contributed by atoms with Crippen molar-refractivity contribution in [3.8, 4) is 0 Å². The number of ether oxygens (including phenoxy) is 6. The van der Waals surface area contributed by atoms with Crippen LogP contribution in [0.15, 0.2) is 60.7 Å². The highest BCUT2D eigenvalue weighted by atomic mass is 16.8. The van der Waals surface area contributed by atoms with E-state index in [4.69, 9.17) is 28.4 Å². The molecule has 0 aromatic heterocycles. The Kier molecular flexibility index (Phi) is 5.86. The van der Waals surface area contributed by atoms with E-state index in [0.717, 1.165) is 11.1 Å². The van der Waals surface area contributed by atoms with E-state index >= 15 is 0 Å². The third-order valence-electron chi connectivity index (χ3n) is 6.19. The van der Waals surface area contributed by atoms with Crippen LogP contribution in [0.25, 0.3) is 0 Å². The van der Waals surface area contributed by atoms with Gasteiger partial charge >= 0.3 is 0 Å². The standard InChI is InChI=1S/C26H32O6/c1-25(2)29-21-19(27-15-17-11-7-5-8-12-17)20(28-16-18-13-9-6-10-14-18)22-24(23(21)31-25)32-26(3,4)30-22/h5-14,19-24H,15-16H2,1-4H3/t19-,20-,21-,22+,23-,24-/m0/s1. The van der Waals surface area contributed by atoms with Crippen LogP contribution < -0.4 is 0 Å². The van der Waals surface area contributed by atoms with Crippen LogP contribution in [0.3, 0.4) is 0 Å². The Morgan fingerprint density at radius 2 is 0.906 bits per heavy atom. The van der Waals surface area contributed by atoms with Gasteiger partial charge in [-0.15, -0.1) is 0 Å². The molecule has 5 rings (SSSR count). The van der Waals surface area contributed by atoms with Gasteiger partial charge in [0.15, 0.2) is 11.6 Å². The van der Waals surface area contributed by atoms with Gasteiger partial charge in [-0.1, -0.05) is 60.7 Å². The predicted octanol–water partition coefficient (Wildman–Crippen LogP) is 4.21. The molecule has 2 aromatic carbocycles. The van der Waals surface area contributed by atoms with Crippen LogP contribution in [0, 0.1) is 0 Å². The molecule has 0 spiro atoms. The molecule has 0 radical (unpaired) electrons. The fourth-order valence-corrected chi connectivity index (χ4v) is 4.94. The zero-order valence-corrected chi connectivity index (χ0v) is 19.1. The summed E-state index contributed by atoms with van der Waals surface area (Å²) in [5.74, 6) is -1.47. The van der Waals surface area contributed by atoms with E-state index in [1.54, 1.807) is 0 Å². The average Bonchev–Trinajstić information content (AvgIpc) is 3.27. The molecular weight excluding hydrogens is 408 g/mol. The van der Waals surface area contributed by atoms with Crippen molar-refractivity contribution < 1.29 is 28.4 Å². The maximum absolute atomic E-state index is 6.49. The van der Waals surface area contributed by atoms with E-state index < -0.39 is 11.6 Å². The van der Waals surface area contributed by atoms with Crippen molar-refractivity contribution in [1.82, 2.24) is 0 Å². The van der Waals surface area contributed by atoms with Gasteiger partial charge in [0.05, 0.1) is 13.2 Å². The number of fused-ring (bicyclic) bond motifs is 3. The molecule has 172 valence electrons. The Morgan fingerprint density at radius 3 is 1.28 bits per heavy atom. The van der Waals surface area contributed by atoms with Crippen LogP contribution in [0.5, 0.6) is 0 Å². The summed E-state index contributed by atoms with van der Waals surface area (Å²) in [6, 6.07) is 20.3. The summed E-state index contributed by atoms with van der Waals surface area (Å²) in [5, 5.41) is 0. The molecule has 6 atom stereocenters. The summed E-state index contributed by atoms with van der Waals surface area (Å²) >= 11 is 0. The van der Waals surface area contributed by atoms with Crippen molar-refractivity contribution in [3.05, 3.63) is 71.8 Å². The van der Waals surface area contributed by atoms with Gasteiger partial charge < -0.3 is 28.4 Å². The lowest BCUT2D eigenvalue weighted by Gasteiger charge is -2.42. The molecule has 1 saturated carbocycles. The van der Waals surface area contributed by atoms with E-state index in [1.165, 1.54) is 0 Å². The van der Waals surface area contributed by atoms with Crippen LogP contribution in [0.4, 0.5) is 0 Å². The van der Waals surface area contributed by atoms with Crippen molar-refractivity contribution >= 4 is 0 Å². The monoisotopic (exact) mass is 440 g/mol. The highest BCUT2D eigenvalue weighted by Crippen LogP contribution is 2.46. The molecule has 2 saturated heterocycles. The summed E-state index contributed by atoms with van der Waals surface area (Å²) < 4.78 is 38.3. The fourth-order valence-electron chi connectivity index (χ4n) is 4.94. The number of rotatable bonds is 6. The van der Waals surface area contributed by atoms with Crippen molar-refractivity contribution in [1.29, 1.82) is 0 Å². The minimum atomic E-state index is -0.737. The SMILES string of the molecule is CC1(C)O[C@@H]2[C@H]3OC(C)(C)O[C@H]3[C@@H](OCc3ccccc3)[C@H](OCc3ccccc3)[C@H]2O1. The average molecular weight is 441 g/mol. The molecule has 0 bridgehead atoms. The smallest absolute Gasteiger partial charge is 0.164 e. The summed E-state index contributed by atoms with van der Waals surface area (Å²) in [6.07, 6.45) is -1.99. The molecule has 3 fully saturated rings. The first-order valence-corrected chi connectivity index (χ1v) is 11.3. The number of hydrogen-bond donors (Lipinski definition) is 0. The van der Waals surface area contributed by atoms with E-state index in [2.05, 4.69) is 24.3 Å². The van der Waals surface area contributed by atoms with E-state index in [0.29, 0.717) is 13.2 Å². The largest absolute Gasteiger partial charge is 0.368 e. The molecule has 1 aliphatic carbocycles. The first-order chi connectivity index (χ1) is 15.3. The maximum Gasteiger partial charge on any atom is 0.164 e. The van der Waals surface area contributed by atoms with Gasteiger partial charge in [-0.25, -0.2) is 0 Å². The second-order valence-electron chi connectivity index (χ2n) is 9.65. The summed E-state index contributed by atoms with van der Waals surface area (Å²) in [5.41, 5.74) is 2.19. The molecule has 32 heavy (non-hydrogen) atoms. The highest BCUT2D eigenvalue weighted by molar-refractivity contribution is 5.16. The fraction of sp³-hybridized carbons (Fsp3) is 0.538. The first-order valence-electron chi connectivity index (χ1n) is 11.3. The Balaban J connectivity index is 1.44. The molecule has 6 nitrogen and oxygen atoms in total. The Labute approximate surface area is 189 Å². The molecule has 2 aromatic rings. The summed E-state index contributed by atoms with van der Waals surface area (Å²) in [7, 11) is 0. The normalized spacial score (nSPS) is 34.8. The second-order valence-corrected chi connectivity index (χ2v) is 9.65. The Bertz CT molecular complexity index is 824. The molecule has 0 N–H and O–H groups in total. The van der Waals surface area contributed by atoms with Crippen LogP contribution in [-0.2, 0) is 41.6 Å². The maximum atomic E-state index is 6.49. The predicted molar refractivity (Wildman–Crippen MR) is 118 cm³/mol. The molecule has 2 heterocycles. The minimum absolute atomic E-state index is 0.297. The summed E-state index contributed by atoms with van der Waals surface area (Å²) in [4.78, 5) is 0. The number of hydrogen-bond acceptors (Lipinski definition) is 6. The summed E-state index contributed by atoms with van der Waals surface area (Å²) in [6.45, 7) is 8.60. The van der Waals surface area contributed by atoms with Gasteiger partial charge in [0.1, 0.15) is 36.6 Å². The highest BCUT2D eigenvalue weighted by Gasteiger charge is 2.64. The first kappa shape index (κ1) is 22.0. The van der Waals surface area contributed by atoms with Gasteiger partial charge in [0, 0.05) is 0 Å². The van der Waals surface area contributed by atoms with Gasteiger partial charge in [0.2, 0.25) is 0 Å². The Hall–Kier alpha value is -1.80. The van der Waals surface area contributed by atoms with Crippen LogP contribution in [0.2, 0.25) is 0 Å². The molecule has 0 unspecified atom stereocenters. The van der Waals surface area contributed by atoms with Crippen molar-refractivity contribution in [3.63, 3.8) is 0 Å². The van der Waals surface area contributed by atoms with E-state index in [1.807, 2.05) is 64.1 Å². The van der Waals surface area contributed by atoms with Crippen molar-refractivity contribution in [2.45, 2.75) is 89.1 Å². The van der Waals surface area contributed by atoms with Crippen LogP contribution in [-0.4, -0.2) is 48.2 Å². The van der Waals surface area contributed by atoms with Crippen molar-refractivity contribution in [2.24, 2.45) is 0 Å². The topological polar surface area (TPSA) is 55.4 Å². The quantitative estimate of drug-likeness (QED) is 0.671. The van der Waals surface area contributed by atoms with Crippen LogP contribution >= 0.6 is 0 Å². The molecular formula is C26H32O6. The van der Waals surface area contributed by atoms with Gasteiger partial charge in [0.25, 0.3) is 0 Å². The second kappa shape index (κ2) is 8.52. The number of benzene rings is 2. The van der Waals surface area contributed by atoms with E-state index in [9.17, 15) is 0 Å².